The fraction of sp³-hybridized carbons (Fsp3) is 0.581. The molecule has 0 saturated carbocycles. The van der Waals surface area contributed by atoms with Crippen molar-refractivity contribution < 1.29 is 14.6 Å². The Labute approximate surface area is 234 Å². The smallest absolute Gasteiger partial charge is 0.317 e. The Bertz CT molecular complexity index is 1020. The molecular weight excluding hydrogens is 498 g/mol. The number of hydrogen-bond acceptors (Lipinski definition) is 4. The number of halogens is 1. The number of likely N-dealkylation sites (tertiary alicyclic amines) is 1. The van der Waals surface area contributed by atoms with Gasteiger partial charge < -0.3 is 25.4 Å². The van der Waals surface area contributed by atoms with E-state index in [1.807, 2.05) is 60.5 Å². The third-order valence-electron chi connectivity index (χ3n) is 7.63. The third kappa shape index (κ3) is 7.95. The molecule has 2 amide bonds. The van der Waals surface area contributed by atoms with Crippen molar-refractivity contribution in [2.24, 2.45) is 11.8 Å². The summed E-state index contributed by atoms with van der Waals surface area (Å²) in [5.41, 5.74) is 1.63. The van der Waals surface area contributed by atoms with E-state index in [2.05, 4.69) is 24.5 Å². The number of aliphatic hydroxyl groups is 1. The molecule has 0 bridgehead atoms. The Hall–Kier alpha value is -2.12. The Morgan fingerprint density at radius 1 is 1.16 bits per heavy atom. The van der Waals surface area contributed by atoms with E-state index in [9.17, 15) is 9.90 Å². The van der Waals surface area contributed by atoms with Crippen LogP contribution in [0.25, 0.3) is 11.1 Å². The monoisotopic (exact) mass is 543 g/mol. The number of carbonyl (C=O) groups excluding carboxylic acids is 1. The molecule has 3 rings (SSSR count). The highest BCUT2D eigenvalue weighted by Crippen LogP contribution is 2.44. The first-order valence-corrected chi connectivity index (χ1v) is 14.4. The van der Waals surface area contributed by atoms with Gasteiger partial charge in [-0.3, -0.25) is 0 Å². The van der Waals surface area contributed by atoms with Crippen LogP contribution in [0.4, 0.5) is 4.79 Å². The SMILES string of the molecule is CNC[C@H](CC(C)C)NC(=O)N1CCC[C@@H]([C@](O)(CCCCOC)c2ccccc2-c2ccccc2Cl)C1. The summed E-state index contributed by atoms with van der Waals surface area (Å²) in [6.45, 7) is 6.94. The number of benzene rings is 2. The first-order chi connectivity index (χ1) is 18.3. The van der Waals surface area contributed by atoms with Crippen molar-refractivity contribution in [3.63, 3.8) is 0 Å². The summed E-state index contributed by atoms with van der Waals surface area (Å²) < 4.78 is 5.28. The molecule has 3 atom stereocenters. The van der Waals surface area contributed by atoms with Crippen LogP contribution in [-0.4, -0.2) is 62.5 Å². The lowest BCUT2D eigenvalue weighted by Crippen LogP contribution is -2.54. The highest BCUT2D eigenvalue weighted by Gasteiger charge is 2.42. The molecule has 0 spiro atoms. The zero-order valence-electron chi connectivity index (χ0n) is 23.5. The summed E-state index contributed by atoms with van der Waals surface area (Å²) in [6.07, 6.45) is 4.90. The van der Waals surface area contributed by atoms with E-state index in [4.69, 9.17) is 16.3 Å². The molecule has 3 N–H and O–H groups in total. The van der Waals surface area contributed by atoms with Gasteiger partial charge in [-0.05, 0) is 68.7 Å². The first-order valence-electron chi connectivity index (χ1n) is 14.1. The van der Waals surface area contributed by atoms with Gasteiger partial charge in [-0.15, -0.1) is 0 Å². The number of hydrogen-bond donors (Lipinski definition) is 3. The second-order valence-electron chi connectivity index (χ2n) is 11.0. The fourth-order valence-electron chi connectivity index (χ4n) is 5.80. The average Bonchev–Trinajstić information content (AvgIpc) is 2.91. The van der Waals surface area contributed by atoms with Gasteiger partial charge in [-0.1, -0.05) is 67.9 Å². The summed E-state index contributed by atoms with van der Waals surface area (Å²) in [6, 6.07) is 15.9. The van der Waals surface area contributed by atoms with Gasteiger partial charge in [0.1, 0.15) is 0 Å². The predicted octanol–water partition coefficient (Wildman–Crippen LogP) is 6.07. The van der Waals surface area contributed by atoms with Gasteiger partial charge in [0, 0.05) is 55.9 Å². The predicted molar refractivity (Wildman–Crippen MR) is 157 cm³/mol. The molecule has 1 heterocycles. The van der Waals surface area contributed by atoms with Gasteiger partial charge >= 0.3 is 6.03 Å². The van der Waals surface area contributed by atoms with Crippen molar-refractivity contribution in [3.05, 3.63) is 59.1 Å². The van der Waals surface area contributed by atoms with Gasteiger partial charge in [-0.25, -0.2) is 4.79 Å². The average molecular weight is 544 g/mol. The number of unbranched alkanes of at least 4 members (excludes halogenated alkanes) is 1. The van der Waals surface area contributed by atoms with Crippen molar-refractivity contribution in [2.75, 3.05) is 40.4 Å². The molecule has 0 radical (unpaired) electrons. The van der Waals surface area contributed by atoms with Gasteiger partial charge in [0.05, 0.1) is 5.60 Å². The number of nitrogens with one attached hydrogen (secondary N) is 2. The second-order valence-corrected chi connectivity index (χ2v) is 11.4. The van der Waals surface area contributed by atoms with Crippen molar-refractivity contribution in [1.29, 1.82) is 0 Å². The van der Waals surface area contributed by atoms with Crippen LogP contribution in [0.1, 0.15) is 57.9 Å². The summed E-state index contributed by atoms with van der Waals surface area (Å²) >= 11 is 6.62. The van der Waals surface area contributed by atoms with Gasteiger partial charge in [0.15, 0.2) is 0 Å². The molecule has 38 heavy (non-hydrogen) atoms. The largest absolute Gasteiger partial charge is 0.385 e. The molecule has 0 unspecified atom stereocenters. The molecule has 0 aromatic heterocycles. The maximum absolute atomic E-state index is 13.4. The summed E-state index contributed by atoms with van der Waals surface area (Å²) in [5.74, 6) is 0.391. The van der Waals surface area contributed by atoms with Crippen molar-refractivity contribution in [3.8, 4) is 11.1 Å². The zero-order valence-corrected chi connectivity index (χ0v) is 24.3. The Morgan fingerprint density at radius 3 is 2.55 bits per heavy atom. The van der Waals surface area contributed by atoms with E-state index in [1.54, 1.807) is 7.11 Å². The number of amides is 2. The van der Waals surface area contributed by atoms with E-state index in [0.29, 0.717) is 37.1 Å². The first kappa shape index (κ1) is 30.4. The van der Waals surface area contributed by atoms with Crippen molar-refractivity contribution in [1.82, 2.24) is 15.5 Å². The Kier molecular flexibility index (Phi) is 11.9. The third-order valence-corrected chi connectivity index (χ3v) is 7.96. The van der Waals surface area contributed by atoms with E-state index in [1.165, 1.54) is 0 Å². The molecule has 2 aromatic carbocycles. The lowest BCUT2D eigenvalue weighted by Gasteiger charge is -2.44. The lowest BCUT2D eigenvalue weighted by atomic mass is 9.72. The number of likely N-dealkylation sites (N-methyl/N-ethyl adjacent to an activating group) is 1. The number of piperidine rings is 1. The molecule has 1 aliphatic heterocycles. The molecule has 7 heteroatoms. The van der Waals surface area contributed by atoms with Crippen LogP contribution in [-0.2, 0) is 10.3 Å². The number of methoxy groups -OCH3 is 1. The van der Waals surface area contributed by atoms with Crippen LogP contribution in [0.5, 0.6) is 0 Å². The Morgan fingerprint density at radius 2 is 1.87 bits per heavy atom. The van der Waals surface area contributed by atoms with Crippen LogP contribution in [0.3, 0.4) is 0 Å². The number of urea groups is 1. The minimum absolute atomic E-state index is 0.0447. The molecule has 0 aliphatic carbocycles. The summed E-state index contributed by atoms with van der Waals surface area (Å²) in [5, 5.41) is 19.7. The highest BCUT2D eigenvalue weighted by molar-refractivity contribution is 6.33. The van der Waals surface area contributed by atoms with E-state index in [0.717, 1.165) is 55.3 Å². The van der Waals surface area contributed by atoms with Crippen LogP contribution in [0.15, 0.2) is 48.5 Å². The van der Waals surface area contributed by atoms with Gasteiger partial charge in [0.2, 0.25) is 0 Å². The maximum atomic E-state index is 13.4. The van der Waals surface area contributed by atoms with Crippen LogP contribution >= 0.6 is 11.6 Å². The molecule has 1 aliphatic rings. The fourth-order valence-corrected chi connectivity index (χ4v) is 6.04. The molecule has 6 nitrogen and oxygen atoms in total. The number of nitrogens with zero attached hydrogens (tertiary/aromatic N) is 1. The minimum atomic E-state index is -1.11. The number of rotatable bonds is 13. The van der Waals surface area contributed by atoms with Crippen LogP contribution in [0.2, 0.25) is 5.02 Å². The Balaban J connectivity index is 1.90. The summed E-state index contributed by atoms with van der Waals surface area (Å²) in [7, 11) is 3.62. The normalized spacial score (nSPS) is 18.3. The molecule has 2 aromatic rings. The molecule has 1 saturated heterocycles. The standard InChI is InChI=1S/C31H46ClN3O3/c1-23(2)20-25(21-33-3)34-30(36)35-18-11-12-24(22-35)31(37,17-9-10-19-38-4)28-15-7-5-13-26(28)27-14-6-8-16-29(27)32/h5-8,13-16,23-25,33,37H,9-12,17-22H2,1-4H3,(H,34,36)/t24-,25+,31-/m1/s1. The van der Waals surface area contributed by atoms with Gasteiger partial charge in [0.25, 0.3) is 0 Å². The van der Waals surface area contributed by atoms with E-state index < -0.39 is 5.60 Å². The molecule has 1 fully saturated rings. The van der Waals surface area contributed by atoms with E-state index in [-0.39, 0.29) is 18.0 Å². The minimum Gasteiger partial charge on any atom is -0.385 e. The quantitative estimate of drug-likeness (QED) is 0.268. The topological polar surface area (TPSA) is 73.8 Å². The number of carbonyl (C=O) groups is 1. The highest BCUT2D eigenvalue weighted by atomic mass is 35.5. The number of ether oxygens (including phenoxy) is 1. The maximum Gasteiger partial charge on any atom is 0.317 e. The van der Waals surface area contributed by atoms with Crippen LogP contribution < -0.4 is 10.6 Å². The van der Waals surface area contributed by atoms with Crippen molar-refractivity contribution >= 4 is 17.6 Å². The second kappa shape index (κ2) is 14.9. The summed E-state index contributed by atoms with van der Waals surface area (Å²) in [4.78, 5) is 15.3. The van der Waals surface area contributed by atoms with Gasteiger partial charge in [-0.2, -0.15) is 0 Å². The zero-order chi connectivity index (χ0) is 27.5. The van der Waals surface area contributed by atoms with E-state index >= 15 is 0 Å². The van der Waals surface area contributed by atoms with Crippen LogP contribution in [0, 0.1) is 11.8 Å². The molecule has 210 valence electrons. The molecular formula is C31H46ClN3O3. The van der Waals surface area contributed by atoms with Crippen molar-refractivity contribution in [2.45, 2.75) is 64.0 Å². The lowest BCUT2D eigenvalue weighted by molar-refractivity contribution is -0.0559.